The summed E-state index contributed by atoms with van der Waals surface area (Å²) in [6, 6.07) is 20.1. The fourth-order valence-electron chi connectivity index (χ4n) is 2.42. The molecule has 0 heterocycles. The standard InChI is InChI=1S/C18H17NO2/c1-20-17-10-11-18(21-2)16-12-14(8-9-15(16)17)19-13-6-4-3-5-7-13/h3-12,19H,1-2H3. The van der Waals surface area contributed by atoms with Crippen LogP contribution in [-0.2, 0) is 0 Å². The van der Waals surface area contributed by atoms with Crippen LogP contribution in [0.3, 0.4) is 0 Å². The number of hydrogen-bond donors (Lipinski definition) is 1. The zero-order valence-corrected chi connectivity index (χ0v) is 12.1. The first kappa shape index (κ1) is 13.3. The van der Waals surface area contributed by atoms with E-state index in [9.17, 15) is 0 Å². The minimum atomic E-state index is 0.836. The van der Waals surface area contributed by atoms with Crippen molar-refractivity contribution in [2.45, 2.75) is 0 Å². The lowest BCUT2D eigenvalue weighted by Gasteiger charge is -2.12. The molecule has 21 heavy (non-hydrogen) atoms. The third kappa shape index (κ3) is 2.63. The van der Waals surface area contributed by atoms with Gasteiger partial charge in [0.1, 0.15) is 11.5 Å². The zero-order chi connectivity index (χ0) is 14.7. The normalized spacial score (nSPS) is 10.4. The monoisotopic (exact) mass is 279 g/mol. The molecule has 0 saturated carbocycles. The lowest BCUT2D eigenvalue weighted by molar-refractivity contribution is 0.410. The lowest BCUT2D eigenvalue weighted by atomic mass is 10.1. The number of nitrogens with one attached hydrogen (secondary N) is 1. The molecule has 3 rings (SSSR count). The van der Waals surface area contributed by atoms with Gasteiger partial charge in [-0.15, -0.1) is 0 Å². The second-order valence-electron chi connectivity index (χ2n) is 4.72. The Morgan fingerprint density at radius 2 is 1.33 bits per heavy atom. The van der Waals surface area contributed by atoms with Crippen molar-refractivity contribution in [3.8, 4) is 11.5 Å². The van der Waals surface area contributed by atoms with Gasteiger partial charge in [0.15, 0.2) is 0 Å². The highest BCUT2D eigenvalue weighted by Crippen LogP contribution is 2.35. The van der Waals surface area contributed by atoms with E-state index in [1.807, 2.05) is 54.6 Å². The Hall–Kier alpha value is -2.68. The number of anilines is 2. The first-order valence-electron chi connectivity index (χ1n) is 6.78. The van der Waals surface area contributed by atoms with Crippen LogP contribution >= 0.6 is 0 Å². The van der Waals surface area contributed by atoms with E-state index in [1.165, 1.54) is 0 Å². The molecule has 0 aliphatic carbocycles. The molecule has 3 heteroatoms. The first-order valence-corrected chi connectivity index (χ1v) is 6.78. The highest BCUT2D eigenvalue weighted by molar-refractivity contribution is 5.95. The van der Waals surface area contributed by atoms with Gasteiger partial charge in [0.2, 0.25) is 0 Å². The van der Waals surface area contributed by atoms with Crippen molar-refractivity contribution in [3.05, 3.63) is 60.7 Å². The summed E-state index contributed by atoms with van der Waals surface area (Å²) in [5, 5.41) is 5.45. The maximum atomic E-state index is 5.45. The molecular weight excluding hydrogens is 262 g/mol. The molecule has 1 N–H and O–H groups in total. The highest BCUT2D eigenvalue weighted by Gasteiger charge is 2.08. The van der Waals surface area contributed by atoms with Gasteiger partial charge in [-0.1, -0.05) is 18.2 Å². The minimum absolute atomic E-state index is 0.836. The second kappa shape index (κ2) is 5.75. The molecule has 0 fully saturated rings. The summed E-state index contributed by atoms with van der Waals surface area (Å²) in [5.41, 5.74) is 2.07. The smallest absolute Gasteiger partial charge is 0.127 e. The summed E-state index contributed by atoms with van der Waals surface area (Å²) < 4.78 is 10.9. The van der Waals surface area contributed by atoms with Crippen LogP contribution in [0, 0.1) is 0 Å². The van der Waals surface area contributed by atoms with E-state index in [1.54, 1.807) is 14.2 Å². The Morgan fingerprint density at radius 3 is 2.00 bits per heavy atom. The van der Waals surface area contributed by atoms with Crippen LogP contribution in [0.25, 0.3) is 10.8 Å². The Kier molecular flexibility index (Phi) is 3.65. The minimum Gasteiger partial charge on any atom is -0.496 e. The molecule has 0 unspecified atom stereocenters. The molecule has 0 aromatic heterocycles. The number of rotatable bonds is 4. The average Bonchev–Trinajstić information content (AvgIpc) is 2.54. The fourth-order valence-corrected chi connectivity index (χ4v) is 2.42. The van der Waals surface area contributed by atoms with Crippen molar-refractivity contribution >= 4 is 22.1 Å². The SMILES string of the molecule is COc1ccc(OC)c2cc(Nc3ccccc3)ccc12. The zero-order valence-electron chi connectivity index (χ0n) is 12.1. The van der Waals surface area contributed by atoms with Gasteiger partial charge in [0.25, 0.3) is 0 Å². The summed E-state index contributed by atoms with van der Waals surface area (Å²) in [7, 11) is 3.36. The maximum Gasteiger partial charge on any atom is 0.127 e. The van der Waals surface area contributed by atoms with Crippen molar-refractivity contribution in [1.29, 1.82) is 0 Å². The molecular formula is C18H17NO2. The highest BCUT2D eigenvalue weighted by atomic mass is 16.5. The van der Waals surface area contributed by atoms with Crippen molar-refractivity contribution in [1.82, 2.24) is 0 Å². The molecule has 0 atom stereocenters. The van der Waals surface area contributed by atoms with Crippen molar-refractivity contribution in [3.63, 3.8) is 0 Å². The number of para-hydroxylation sites is 1. The lowest BCUT2D eigenvalue weighted by Crippen LogP contribution is -1.92. The van der Waals surface area contributed by atoms with Crippen LogP contribution in [0.15, 0.2) is 60.7 Å². The summed E-state index contributed by atoms with van der Waals surface area (Å²) in [6.07, 6.45) is 0. The molecule has 0 radical (unpaired) electrons. The van der Waals surface area contributed by atoms with Gasteiger partial charge < -0.3 is 14.8 Å². The third-order valence-electron chi connectivity index (χ3n) is 3.44. The maximum absolute atomic E-state index is 5.45. The predicted molar refractivity (Wildman–Crippen MR) is 86.8 cm³/mol. The molecule has 3 nitrogen and oxygen atoms in total. The van der Waals surface area contributed by atoms with Crippen molar-refractivity contribution in [2.75, 3.05) is 19.5 Å². The van der Waals surface area contributed by atoms with Gasteiger partial charge in [-0.2, -0.15) is 0 Å². The molecule has 0 spiro atoms. The van der Waals surface area contributed by atoms with Crippen molar-refractivity contribution in [2.24, 2.45) is 0 Å². The van der Waals surface area contributed by atoms with E-state index in [2.05, 4.69) is 11.4 Å². The summed E-state index contributed by atoms with van der Waals surface area (Å²) in [4.78, 5) is 0. The first-order chi connectivity index (χ1) is 10.3. The van der Waals surface area contributed by atoms with Gasteiger partial charge in [-0.3, -0.25) is 0 Å². The fraction of sp³-hybridized carbons (Fsp3) is 0.111. The quantitative estimate of drug-likeness (QED) is 0.757. The Bertz CT molecular complexity index is 754. The molecule has 3 aromatic rings. The molecule has 0 aliphatic rings. The Balaban J connectivity index is 2.06. The van der Waals surface area contributed by atoms with Gasteiger partial charge in [-0.25, -0.2) is 0 Å². The Labute approximate surface area is 124 Å². The van der Waals surface area contributed by atoms with E-state index in [0.717, 1.165) is 33.6 Å². The number of ether oxygens (including phenoxy) is 2. The van der Waals surface area contributed by atoms with E-state index in [4.69, 9.17) is 9.47 Å². The number of fused-ring (bicyclic) bond motifs is 1. The second-order valence-corrected chi connectivity index (χ2v) is 4.72. The van der Waals surface area contributed by atoms with Gasteiger partial charge in [0, 0.05) is 22.1 Å². The molecule has 3 aromatic carbocycles. The number of methoxy groups -OCH3 is 2. The van der Waals surface area contributed by atoms with Crippen LogP contribution in [-0.4, -0.2) is 14.2 Å². The summed E-state index contributed by atoms with van der Waals surface area (Å²) in [5.74, 6) is 1.68. The summed E-state index contributed by atoms with van der Waals surface area (Å²) >= 11 is 0. The van der Waals surface area contributed by atoms with E-state index in [-0.39, 0.29) is 0 Å². The molecule has 0 aliphatic heterocycles. The van der Waals surface area contributed by atoms with Crippen molar-refractivity contribution < 1.29 is 9.47 Å². The molecule has 0 bridgehead atoms. The van der Waals surface area contributed by atoms with Gasteiger partial charge in [-0.05, 0) is 42.5 Å². The van der Waals surface area contributed by atoms with E-state index >= 15 is 0 Å². The third-order valence-corrected chi connectivity index (χ3v) is 3.44. The largest absolute Gasteiger partial charge is 0.496 e. The molecule has 106 valence electrons. The number of benzene rings is 3. The predicted octanol–water partition coefficient (Wildman–Crippen LogP) is 4.60. The van der Waals surface area contributed by atoms with E-state index in [0.29, 0.717) is 0 Å². The topological polar surface area (TPSA) is 30.5 Å². The Morgan fingerprint density at radius 1 is 0.667 bits per heavy atom. The van der Waals surface area contributed by atoms with Crippen LogP contribution in [0.1, 0.15) is 0 Å². The molecule has 0 saturated heterocycles. The van der Waals surface area contributed by atoms with Crippen LogP contribution in [0.4, 0.5) is 11.4 Å². The van der Waals surface area contributed by atoms with Gasteiger partial charge in [0.05, 0.1) is 14.2 Å². The van der Waals surface area contributed by atoms with Gasteiger partial charge >= 0.3 is 0 Å². The van der Waals surface area contributed by atoms with Crippen LogP contribution in [0.2, 0.25) is 0 Å². The summed E-state index contributed by atoms with van der Waals surface area (Å²) in [6.45, 7) is 0. The van der Waals surface area contributed by atoms with E-state index < -0.39 is 0 Å². The van der Waals surface area contributed by atoms with Crippen LogP contribution in [0.5, 0.6) is 11.5 Å². The molecule has 0 amide bonds. The average molecular weight is 279 g/mol. The van der Waals surface area contributed by atoms with Crippen LogP contribution < -0.4 is 14.8 Å². The number of hydrogen-bond acceptors (Lipinski definition) is 3.